The molecule has 0 bridgehead atoms. The summed E-state index contributed by atoms with van der Waals surface area (Å²) < 4.78 is 14.3. The minimum atomic E-state index is -1.01. The van der Waals surface area contributed by atoms with Gasteiger partial charge in [-0.1, -0.05) is 35.3 Å². The first-order chi connectivity index (χ1) is 17.4. The van der Waals surface area contributed by atoms with Crippen molar-refractivity contribution in [3.05, 3.63) is 81.1 Å². The number of H-pyrrole nitrogens is 1. The number of fused-ring (bicyclic) bond motifs is 1. The molecule has 0 radical (unpaired) electrons. The van der Waals surface area contributed by atoms with Crippen molar-refractivity contribution in [1.29, 1.82) is 0 Å². The van der Waals surface area contributed by atoms with Gasteiger partial charge in [0.2, 0.25) is 5.95 Å². The van der Waals surface area contributed by atoms with Crippen LogP contribution in [0.5, 0.6) is 0 Å². The fraction of sp³-hybridized carbons (Fsp3) is 0.192. The number of benzene rings is 3. The Morgan fingerprint density at radius 2 is 1.76 bits per heavy atom. The Labute approximate surface area is 222 Å². The lowest BCUT2D eigenvalue weighted by molar-refractivity contribution is 0.0942. The van der Waals surface area contributed by atoms with Crippen LogP contribution in [0.3, 0.4) is 0 Å². The molecule has 0 unspecified atom stereocenters. The number of rotatable bonds is 7. The highest BCUT2D eigenvalue weighted by molar-refractivity contribution is 6.34. The number of imidazole rings is 1. The number of halogens is 3. The first kappa shape index (κ1) is 26.4. The van der Waals surface area contributed by atoms with Gasteiger partial charge < -0.3 is 26.0 Å². The van der Waals surface area contributed by atoms with E-state index in [2.05, 4.69) is 25.9 Å². The second-order valence-corrected chi connectivity index (χ2v) is 9.90. The van der Waals surface area contributed by atoms with E-state index in [1.54, 1.807) is 45.0 Å². The van der Waals surface area contributed by atoms with Crippen LogP contribution in [0.2, 0.25) is 10.0 Å². The molecule has 4 rings (SSSR count). The quantitative estimate of drug-likeness (QED) is 0.195. The van der Waals surface area contributed by atoms with Crippen molar-refractivity contribution in [2.45, 2.75) is 26.4 Å². The maximum atomic E-state index is 14.3. The lowest BCUT2D eigenvalue weighted by atomic mass is 10.1. The Hall–Kier alpha value is -3.66. The Bertz CT molecular complexity index is 1490. The SMILES string of the molecule is Cc1c(Cl)cccc1NC(=O)c1cc(NC(=O)c2c(F)cccc2Cl)cc2[nH]c(NCC(C)(C)O)nc12. The van der Waals surface area contributed by atoms with Gasteiger partial charge in [0.1, 0.15) is 11.3 Å². The van der Waals surface area contributed by atoms with E-state index in [4.69, 9.17) is 23.2 Å². The molecule has 0 fully saturated rings. The average Bonchev–Trinajstić information content (AvgIpc) is 3.22. The molecule has 11 heteroatoms. The smallest absolute Gasteiger partial charge is 0.260 e. The van der Waals surface area contributed by atoms with Crippen LogP contribution in [-0.4, -0.2) is 39.0 Å². The minimum Gasteiger partial charge on any atom is -0.389 e. The van der Waals surface area contributed by atoms with E-state index in [-0.39, 0.29) is 28.4 Å². The lowest BCUT2D eigenvalue weighted by Crippen LogP contribution is -2.29. The van der Waals surface area contributed by atoms with Crippen molar-refractivity contribution in [1.82, 2.24) is 9.97 Å². The van der Waals surface area contributed by atoms with Gasteiger partial charge in [0.25, 0.3) is 11.8 Å². The Morgan fingerprint density at radius 1 is 1.05 bits per heavy atom. The van der Waals surface area contributed by atoms with Crippen LogP contribution in [0.1, 0.15) is 40.1 Å². The molecule has 3 aromatic carbocycles. The highest BCUT2D eigenvalue weighted by Crippen LogP contribution is 2.28. The Morgan fingerprint density at radius 3 is 2.46 bits per heavy atom. The van der Waals surface area contributed by atoms with E-state index < -0.39 is 23.2 Å². The van der Waals surface area contributed by atoms with Crippen LogP contribution in [0, 0.1) is 12.7 Å². The molecule has 0 saturated heterocycles. The number of nitrogens with one attached hydrogen (secondary N) is 4. The summed E-state index contributed by atoms with van der Waals surface area (Å²) in [6.45, 7) is 5.23. The summed E-state index contributed by atoms with van der Waals surface area (Å²) in [5, 5.41) is 18.9. The summed E-state index contributed by atoms with van der Waals surface area (Å²) in [6.07, 6.45) is 0. The number of hydrogen-bond acceptors (Lipinski definition) is 5. The maximum Gasteiger partial charge on any atom is 0.260 e. The maximum absolute atomic E-state index is 14.3. The number of aromatic amines is 1. The molecule has 0 aliphatic rings. The van der Waals surface area contributed by atoms with Gasteiger partial charge in [-0.2, -0.15) is 0 Å². The standard InChI is InChI=1S/C26H24Cl2FN5O3/c1-13-16(27)6-5-9-19(13)32-23(35)15-10-14(31-24(36)21-17(28)7-4-8-18(21)29)11-20-22(15)34-25(33-20)30-12-26(2,3)37/h4-11,37H,12H2,1-3H3,(H,31,36)(H,32,35)(H2,30,33,34). The van der Waals surface area contributed by atoms with E-state index in [0.717, 1.165) is 6.07 Å². The van der Waals surface area contributed by atoms with Crippen molar-refractivity contribution < 1.29 is 19.1 Å². The van der Waals surface area contributed by atoms with Gasteiger partial charge in [0, 0.05) is 22.9 Å². The zero-order valence-corrected chi connectivity index (χ0v) is 21.7. The molecule has 0 aliphatic carbocycles. The summed E-state index contributed by atoms with van der Waals surface area (Å²) in [7, 11) is 0. The van der Waals surface area contributed by atoms with Crippen molar-refractivity contribution >= 4 is 63.4 Å². The van der Waals surface area contributed by atoms with Crippen LogP contribution in [0.4, 0.5) is 21.7 Å². The predicted molar refractivity (Wildman–Crippen MR) is 144 cm³/mol. The fourth-order valence-electron chi connectivity index (χ4n) is 3.59. The van der Waals surface area contributed by atoms with Gasteiger partial charge in [0.05, 0.1) is 27.3 Å². The van der Waals surface area contributed by atoms with Gasteiger partial charge in [-0.15, -0.1) is 0 Å². The van der Waals surface area contributed by atoms with E-state index in [1.807, 2.05) is 0 Å². The zero-order valence-electron chi connectivity index (χ0n) is 20.2. The van der Waals surface area contributed by atoms with Gasteiger partial charge in [-0.05, 0) is 62.7 Å². The van der Waals surface area contributed by atoms with Gasteiger partial charge in [-0.25, -0.2) is 9.37 Å². The van der Waals surface area contributed by atoms with E-state index in [9.17, 15) is 19.1 Å². The summed E-state index contributed by atoms with van der Waals surface area (Å²) in [6, 6.07) is 12.1. The number of aliphatic hydroxyl groups is 1. The normalized spacial score (nSPS) is 11.4. The first-order valence-electron chi connectivity index (χ1n) is 11.2. The number of carbonyl (C=O) groups is 2. The monoisotopic (exact) mass is 543 g/mol. The summed E-state index contributed by atoms with van der Waals surface area (Å²) in [4.78, 5) is 33.7. The second kappa shape index (κ2) is 10.4. The van der Waals surface area contributed by atoms with E-state index in [1.165, 1.54) is 18.2 Å². The van der Waals surface area contributed by atoms with Crippen LogP contribution < -0.4 is 16.0 Å². The van der Waals surface area contributed by atoms with Crippen LogP contribution in [-0.2, 0) is 0 Å². The molecular formula is C26H24Cl2FN5O3. The highest BCUT2D eigenvalue weighted by Gasteiger charge is 2.21. The molecule has 4 aromatic rings. The molecule has 192 valence electrons. The predicted octanol–water partition coefficient (Wildman–Crippen LogP) is 6.00. The molecule has 0 spiro atoms. The van der Waals surface area contributed by atoms with Crippen LogP contribution in [0.15, 0.2) is 48.5 Å². The highest BCUT2D eigenvalue weighted by atomic mass is 35.5. The summed E-state index contributed by atoms with van der Waals surface area (Å²) >= 11 is 12.2. The Kier molecular flexibility index (Phi) is 7.40. The molecule has 5 N–H and O–H groups in total. The van der Waals surface area contributed by atoms with Crippen LogP contribution in [0.25, 0.3) is 11.0 Å². The lowest BCUT2D eigenvalue weighted by Gasteiger charge is -2.16. The minimum absolute atomic E-state index is 0.0485. The Balaban J connectivity index is 1.74. The molecule has 8 nitrogen and oxygen atoms in total. The number of hydrogen-bond donors (Lipinski definition) is 5. The number of amides is 2. The summed E-state index contributed by atoms with van der Waals surface area (Å²) in [5.41, 5.74) is 0.947. The topological polar surface area (TPSA) is 119 Å². The second-order valence-electron chi connectivity index (χ2n) is 9.09. The molecule has 0 aliphatic heterocycles. The molecule has 1 heterocycles. The molecule has 1 aromatic heterocycles. The number of carbonyl (C=O) groups excluding carboxylic acids is 2. The number of nitrogens with zero attached hydrogens (tertiary/aromatic N) is 1. The number of aromatic nitrogens is 2. The van der Waals surface area contributed by atoms with Gasteiger partial charge in [-0.3, -0.25) is 9.59 Å². The molecule has 2 amide bonds. The number of anilines is 3. The third-order valence-electron chi connectivity index (χ3n) is 5.48. The van der Waals surface area contributed by atoms with E-state index in [0.29, 0.717) is 33.3 Å². The fourth-order valence-corrected chi connectivity index (χ4v) is 4.01. The van der Waals surface area contributed by atoms with Crippen molar-refractivity contribution in [2.75, 3.05) is 22.5 Å². The van der Waals surface area contributed by atoms with Crippen molar-refractivity contribution in [2.24, 2.45) is 0 Å². The first-order valence-corrected chi connectivity index (χ1v) is 12.0. The van der Waals surface area contributed by atoms with E-state index >= 15 is 0 Å². The zero-order chi connectivity index (χ0) is 26.9. The molecule has 0 saturated carbocycles. The van der Waals surface area contributed by atoms with Gasteiger partial charge in [0.15, 0.2) is 0 Å². The third-order valence-corrected chi connectivity index (χ3v) is 6.21. The molecular weight excluding hydrogens is 520 g/mol. The van der Waals surface area contributed by atoms with Crippen molar-refractivity contribution in [3.63, 3.8) is 0 Å². The van der Waals surface area contributed by atoms with Crippen LogP contribution >= 0.6 is 23.2 Å². The molecule has 37 heavy (non-hydrogen) atoms. The molecule has 0 atom stereocenters. The van der Waals surface area contributed by atoms with Crippen molar-refractivity contribution in [3.8, 4) is 0 Å². The average molecular weight is 544 g/mol. The largest absolute Gasteiger partial charge is 0.389 e. The third kappa shape index (κ3) is 6.02. The van der Waals surface area contributed by atoms with Gasteiger partial charge >= 0.3 is 0 Å². The summed E-state index contributed by atoms with van der Waals surface area (Å²) in [5.74, 6) is -1.75.